The largest absolute Gasteiger partial charge is 0.391 e. The second-order valence-corrected chi connectivity index (χ2v) is 5.18. The number of hydrogen-bond acceptors (Lipinski definition) is 5. The molecule has 1 fully saturated rings. The van der Waals surface area contributed by atoms with Gasteiger partial charge in [-0.1, -0.05) is 6.07 Å². The fraction of sp³-hybridized carbons (Fsp3) is 0.571. The quantitative estimate of drug-likeness (QED) is 0.637. The molecule has 1 saturated heterocycles. The first-order valence-electron chi connectivity index (χ1n) is 6.82. The van der Waals surface area contributed by atoms with E-state index in [0.29, 0.717) is 25.4 Å². The molecule has 2 rings (SSSR count). The standard InChI is InChI=1S/C14H20N2O4/c1-10-2-3-12(13(8-10)16(18)19)15-9-14(17)11-4-6-20-7-5-11/h2-3,8,11,14-15,17H,4-7,9H2,1H3/t14-/m0/s1. The topological polar surface area (TPSA) is 84.6 Å². The number of nitrogens with one attached hydrogen (secondary N) is 1. The highest BCUT2D eigenvalue weighted by molar-refractivity contribution is 5.62. The lowest BCUT2D eigenvalue weighted by Gasteiger charge is -2.27. The lowest BCUT2D eigenvalue weighted by molar-refractivity contribution is -0.384. The van der Waals surface area contributed by atoms with E-state index in [0.717, 1.165) is 18.4 Å². The number of aliphatic hydroxyl groups is 1. The summed E-state index contributed by atoms with van der Waals surface area (Å²) < 4.78 is 5.26. The Labute approximate surface area is 117 Å². The van der Waals surface area contributed by atoms with Crippen molar-refractivity contribution in [2.24, 2.45) is 5.92 Å². The molecule has 0 aromatic heterocycles. The van der Waals surface area contributed by atoms with E-state index in [1.165, 1.54) is 6.07 Å². The minimum Gasteiger partial charge on any atom is -0.391 e. The minimum absolute atomic E-state index is 0.0455. The Hall–Kier alpha value is -1.66. The first-order chi connectivity index (χ1) is 9.58. The molecule has 0 spiro atoms. The molecule has 20 heavy (non-hydrogen) atoms. The molecule has 1 aliphatic rings. The van der Waals surface area contributed by atoms with Crippen LogP contribution in [0.15, 0.2) is 18.2 Å². The number of hydrogen-bond donors (Lipinski definition) is 2. The SMILES string of the molecule is Cc1ccc(NC[C@H](O)C2CCOCC2)c([N+](=O)[O-])c1. The van der Waals surface area contributed by atoms with Crippen molar-refractivity contribution in [3.63, 3.8) is 0 Å². The molecule has 0 aliphatic carbocycles. The zero-order valence-electron chi connectivity index (χ0n) is 11.5. The molecule has 1 heterocycles. The van der Waals surface area contributed by atoms with Gasteiger partial charge in [-0.05, 0) is 37.3 Å². The second-order valence-electron chi connectivity index (χ2n) is 5.18. The fourth-order valence-corrected chi connectivity index (χ4v) is 2.42. The fourth-order valence-electron chi connectivity index (χ4n) is 2.42. The monoisotopic (exact) mass is 280 g/mol. The molecule has 1 aromatic carbocycles. The lowest BCUT2D eigenvalue weighted by Crippen LogP contribution is -2.32. The average Bonchev–Trinajstić information content (AvgIpc) is 2.46. The van der Waals surface area contributed by atoms with Gasteiger partial charge in [0.05, 0.1) is 11.0 Å². The molecule has 1 aromatic rings. The van der Waals surface area contributed by atoms with Crippen LogP contribution in [0.2, 0.25) is 0 Å². The molecule has 0 radical (unpaired) electrons. The maximum atomic E-state index is 11.0. The average molecular weight is 280 g/mol. The van der Waals surface area contributed by atoms with Crippen molar-refractivity contribution in [3.05, 3.63) is 33.9 Å². The molecular weight excluding hydrogens is 260 g/mol. The van der Waals surface area contributed by atoms with Gasteiger partial charge in [-0.25, -0.2) is 0 Å². The molecule has 2 N–H and O–H groups in total. The predicted octanol–water partition coefficient (Wildman–Crippen LogP) is 2.10. The first-order valence-corrected chi connectivity index (χ1v) is 6.82. The molecule has 6 heteroatoms. The van der Waals surface area contributed by atoms with Crippen LogP contribution in [0.3, 0.4) is 0 Å². The first kappa shape index (κ1) is 14.7. The van der Waals surface area contributed by atoms with E-state index >= 15 is 0 Å². The Kier molecular flexibility index (Phi) is 4.92. The predicted molar refractivity (Wildman–Crippen MR) is 75.9 cm³/mol. The molecular formula is C14H20N2O4. The van der Waals surface area contributed by atoms with Crippen LogP contribution < -0.4 is 5.32 Å². The van der Waals surface area contributed by atoms with Crippen LogP contribution in [0.5, 0.6) is 0 Å². The van der Waals surface area contributed by atoms with Crippen LogP contribution >= 0.6 is 0 Å². The van der Waals surface area contributed by atoms with Crippen molar-refractivity contribution < 1.29 is 14.8 Å². The lowest BCUT2D eigenvalue weighted by atomic mass is 9.94. The van der Waals surface area contributed by atoms with E-state index in [-0.39, 0.29) is 11.6 Å². The van der Waals surface area contributed by atoms with E-state index in [9.17, 15) is 15.2 Å². The molecule has 1 aliphatic heterocycles. The van der Waals surface area contributed by atoms with E-state index < -0.39 is 11.0 Å². The van der Waals surface area contributed by atoms with Gasteiger partial charge in [0.2, 0.25) is 0 Å². The third-order valence-corrected chi connectivity index (χ3v) is 3.66. The van der Waals surface area contributed by atoms with Crippen LogP contribution in [-0.2, 0) is 4.74 Å². The summed E-state index contributed by atoms with van der Waals surface area (Å²) in [7, 11) is 0. The van der Waals surface area contributed by atoms with Crippen molar-refractivity contribution in [1.82, 2.24) is 0 Å². The Morgan fingerprint density at radius 1 is 1.50 bits per heavy atom. The number of nitro benzene ring substituents is 1. The van der Waals surface area contributed by atoms with Gasteiger partial charge < -0.3 is 15.2 Å². The van der Waals surface area contributed by atoms with E-state index in [4.69, 9.17) is 4.74 Å². The van der Waals surface area contributed by atoms with Gasteiger partial charge in [0.1, 0.15) is 5.69 Å². The number of benzene rings is 1. The third kappa shape index (κ3) is 3.68. The third-order valence-electron chi connectivity index (χ3n) is 3.66. The number of aryl methyl sites for hydroxylation is 1. The van der Waals surface area contributed by atoms with Crippen LogP contribution in [0, 0.1) is 23.0 Å². The van der Waals surface area contributed by atoms with Gasteiger partial charge in [0.25, 0.3) is 5.69 Å². The molecule has 1 atom stereocenters. The number of nitro groups is 1. The number of aliphatic hydroxyl groups excluding tert-OH is 1. The van der Waals surface area contributed by atoms with E-state index in [1.807, 2.05) is 13.0 Å². The smallest absolute Gasteiger partial charge is 0.292 e. The van der Waals surface area contributed by atoms with Crippen LogP contribution in [0.4, 0.5) is 11.4 Å². The van der Waals surface area contributed by atoms with Crippen molar-refractivity contribution in [2.45, 2.75) is 25.9 Å². The number of ether oxygens (including phenoxy) is 1. The number of rotatable bonds is 5. The molecule has 110 valence electrons. The molecule has 0 saturated carbocycles. The van der Waals surface area contributed by atoms with Crippen LogP contribution in [0.25, 0.3) is 0 Å². The summed E-state index contributed by atoms with van der Waals surface area (Å²) in [6.07, 6.45) is 1.15. The molecule has 0 amide bonds. The van der Waals surface area contributed by atoms with Gasteiger partial charge in [-0.3, -0.25) is 10.1 Å². The van der Waals surface area contributed by atoms with Gasteiger partial charge >= 0.3 is 0 Å². The summed E-state index contributed by atoms with van der Waals surface area (Å²) in [5.41, 5.74) is 1.34. The number of nitrogens with zero attached hydrogens (tertiary/aromatic N) is 1. The van der Waals surface area contributed by atoms with Crippen molar-refractivity contribution in [3.8, 4) is 0 Å². The van der Waals surface area contributed by atoms with Gasteiger partial charge in [-0.2, -0.15) is 0 Å². The van der Waals surface area contributed by atoms with E-state index in [1.54, 1.807) is 6.07 Å². The summed E-state index contributed by atoms with van der Waals surface area (Å²) in [5.74, 6) is 0.195. The zero-order chi connectivity index (χ0) is 14.5. The van der Waals surface area contributed by atoms with Crippen molar-refractivity contribution in [2.75, 3.05) is 25.1 Å². The summed E-state index contributed by atoms with van der Waals surface area (Å²) in [6.45, 7) is 3.47. The minimum atomic E-state index is -0.514. The van der Waals surface area contributed by atoms with Gasteiger partial charge in [0.15, 0.2) is 0 Å². The van der Waals surface area contributed by atoms with Crippen LogP contribution in [-0.4, -0.2) is 35.9 Å². The summed E-state index contributed by atoms with van der Waals surface area (Å²) in [5, 5.41) is 24.1. The number of anilines is 1. The molecule has 0 unspecified atom stereocenters. The normalized spacial score (nSPS) is 17.7. The van der Waals surface area contributed by atoms with Gasteiger partial charge in [0, 0.05) is 25.8 Å². The second kappa shape index (κ2) is 6.67. The van der Waals surface area contributed by atoms with Crippen LogP contribution in [0.1, 0.15) is 18.4 Å². The molecule has 0 bridgehead atoms. The highest BCUT2D eigenvalue weighted by atomic mass is 16.6. The molecule has 6 nitrogen and oxygen atoms in total. The maximum absolute atomic E-state index is 11.0. The Morgan fingerprint density at radius 2 is 2.20 bits per heavy atom. The summed E-state index contributed by atoms with van der Waals surface area (Å²) >= 11 is 0. The van der Waals surface area contributed by atoms with E-state index in [2.05, 4.69) is 5.32 Å². The zero-order valence-corrected chi connectivity index (χ0v) is 11.5. The Balaban J connectivity index is 1.97. The van der Waals surface area contributed by atoms with Crippen molar-refractivity contribution >= 4 is 11.4 Å². The maximum Gasteiger partial charge on any atom is 0.292 e. The summed E-state index contributed by atoms with van der Waals surface area (Å²) in [6, 6.07) is 5.03. The highest BCUT2D eigenvalue weighted by Crippen LogP contribution is 2.26. The van der Waals surface area contributed by atoms with Gasteiger partial charge in [-0.15, -0.1) is 0 Å². The Morgan fingerprint density at radius 3 is 2.85 bits per heavy atom. The van der Waals surface area contributed by atoms with Crippen molar-refractivity contribution in [1.29, 1.82) is 0 Å². The Bertz CT molecular complexity index is 472. The highest BCUT2D eigenvalue weighted by Gasteiger charge is 2.23. The summed E-state index contributed by atoms with van der Waals surface area (Å²) in [4.78, 5) is 10.6.